The second-order valence-corrected chi connectivity index (χ2v) is 3.78. The fourth-order valence-corrected chi connectivity index (χ4v) is 1.97. The van der Waals surface area contributed by atoms with E-state index in [9.17, 15) is 4.79 Å². The van der Waals surface area contributed by atoms with Crippen LogP contribution in [0.3, 0.4) is 0 Å². The van der Waals surface area contributed by atoms with E-state index in [0.717, 1.165) is 5.39 Å². The summed E-state index contributed by atoms with van der Waals surface area (Å²) in [4.78, 5) is 11.0. The smallest absolute Gasteiger partial charge is 0.325 e. The van der Waals surface area contributed by atoms with Crippen molar-refractivity contribution < 1.29 is 18.7 Å². The predicted molar refractivity (Wildman–Crippen MR) is 60.6 cm³/mol. The molecule has 0 spiro atoms. The Morgan fingerprint density at radius 2 is 1.94 bits per heavy atom. The summed E-state index contributed by atoms with van der Waals surface area (Å²) in [7, 11) is 0. The number of benzene rings is 1. The first-order chi connectivity index (χ1) is 8.18. The number of aliphatic carboxylic acids is 1. The van der Waals surface area contributed by atoms with E-state index < -0.39 is 12.0 Å². The molecule has 0 aliphatic carbocycles. The van der Waals surface area contributed by atoms with Crippen molar-refractivity contribution in [1.82, 2.24) is 0 Å². The van der Waals surface area contributed by atoms with Crippen molar-refractivity contribution in [3.63, 3.8) is 0 Å². The van der Waals surface area contributed by atoms with Gasteiger partial charge in [0.2, 0.25) is 0 Å². The summed E-state index contributed by atoms with van der Waals surface area (Å²) in [6.07, 6.45) is 3.02. The summed E-state index contributed by atoms with van der Waals surface area (Å²) in [5.41, 5.74) is 7.30. The molecule has 1 aromatic carbocycles. The first kappa shape index (κ1) is 9.92. The van der Waals surface area contributed by atoms with E-state index in [1.54, 1.807) is 18.2 Å². The summed E-state index contributed by atoms with van der Waals surface area (Å²) in [5.74, 6) is -1.07. The molecule has 0 amide bonds. The van der Waals surface area contributed by atoms with Crippen LogP contribution in [0, 0.1) is 0 Å². The van der Waals surface area contributed by atoms with Gasteiger partial charge in [-0.1, -0.05) is 0 Å². The molecule has 1 atom stereocenters. The molecular weight excluding hydrogens is 222 g/mol. The molecule has 3 rings (SSSR count). The van der Waals surface area contributed by atoms with Crippen molar-refractivity contribution in [2.24, 2.45) is 5.73 Å². The van der Waals surface area contributed by atoms with Crippen LogP contribution in [0.15, 0.2) is 39.6 Å². The lowest BCUT2D eigenvalue weighted by Gasteiger charge is -2.08. The molecule has 0 fully saturated rings. The maximum atomic E-state index is 11.0. The Labute approximate surface area is 95.4 Å². The number of hydrogen-bond donors (Lipinski definition) is 2. The monoisotopic (exact) mass is 231 g/mol. The number of carboxylic acids is 1. The van der Waals surface area contributed by atoms with Crippen LogP contribution < -0.4 is 5.73 Å². The van der Waals surface area contributed by atoms with Gasteiger partial charge in [-0.25, -0.2) is 0 Å². The first-order valence-corrected chi connectivity index (χ1v) is 5.04. The van der Waals surface area contributed by atoms with E-state index >= 15 is 0 Å². The van der Waals surface area contributed by atoms with Gasteiger partial charge in [-0.2, -0.15) is 0 Å². The quantitative estimate of drug-likeness (QED) is 0.706. The molecule has 0 aliphatic heterocycles. The Morgan fingerprint density at radius 1 is 1.24 bits per heavy atom. The van der Waals surface area contributed by atoms with Crippen molar-refractivity contribution in [3.05, 3.63) is 36.3 Å². The fraction of sp³-hybridized carbons (Fsp3) is 0.0833. The normalized spacial score (nSPS) is 13.2. The Hall–Kier alpha value is -2.27. The summed E-state index contributed by atoms with van der Waals surface area (Å²) in [6.45, 7) is 0. The van der Waals surface area contributed by atoms with Gasteiger partial charge in [-0.3, -0.25) is 4.79 Å². The van der Waals surface area contributed by atoms with E-state index in [1.165, 1.54) is 12.5 Å². The largest absolute Gasteiger partial charge is 0.480 e. The van der Waals surface area contributed by atoms with Crippen LogP contribution in [0.5, 0.6) is 0 Å². The molecule has 3 aromatic rings. The summed E-state index contributed by atoms with van der Waals surface area (Å²) in [6, 6.07) is 4.08. The molecule has 3 N–H and O–H groups in total. The SMILES string of the molecule is NC(C(=O)O)c1cc2ccoc2c2occc12. The Bertz CT molecular complexity index is 710. The second kappa shape index (κ2) is 3.36. The molecule has 5 nitrogen and oxygen atoms in total. The van der Waals surface area contributed by atoms with E-state index in [1.807, 2.05) is 0 Å². The van der Waals surface area contributed by atoms with Gasteiger partial charge in [0.25, 0.3) is 0 Å². The van der Waals surface area contributed by atoms with E-state index in [-0.39, 0.29) is 0 Å². The van der Waals surface area contributed by atoms with Crippen LogP contribution in [-0.4, -0.2) is 11.1 Å². The highest BCUT2D eigenvalue weighted by atomic mass is 16.4. The molecule has 0 bridgehead atoms. The second-order valence-electron chi connectivity index (χ2n) is 3.78. The number of hydrogen-bond acceptors (Lipinski definition) is 4. The Morgan fingerprint density at radius 3 is 2.71 bits per heavy atom. The lowest BCUT2D eigenvalue weighted by molar-refractivity contribution is -0.138. The van der Waals surface area contributed by atoms with Gasteiger partial charge in [-0.15, -0.1) is 0 Å². The zero-order chi connectivity index (χ0) is 12.0. The molecule has 17 heavy (non-hydrogen) atoms. The first-order valence-electron chi connectivity index (χ1n) is 5.04. The zero-order valence-corrected chi connectivity index (χ0v) is 8.71. The molecule has 2 heterocycles. The van der Waals surface area contributed by atoms with E-state index in [0.29, 0.717) is 22.1 Å². The van der Waals surface area contributed by atoms with Gasteiger partial charge in [0.15, 0.2) is 11.2 Å². The molecule has 86 valence electrons. The van der Waals surface area contributed by atoms with Crippen LogP contribution in [-0.2, 0) is 4.79 Å². The van der Waals surface area contributed by atoms with Crippen molar-refractivity contribution in [2.45, 2.75) is 6.04 Å². The summed E-state index contributed by atoms with van der Waals surface area (Å²) in [5, 5.41) is 10.4. The number of carbonyl (C=O) groups is 1. The van der Waals surface area contributed by atoms with Crippen LogP contribution in [0.1, 0.15) is 11.6 Å². The number of carboxylic acid groups (broad SMARTS) is 1. The third-order valence-corrected chi connectivity index (χ3v) is 2.79. The summed E-state index contributed by atoms with van der Waals surface area (Å²) < 4.78 is 10.6. The maximum absolute atomic E-state index is 11.0. The van der Waals surface area contributed by atoms with Crippen LogP contribution in [0.25, 0.3) is 21.9 Å². The highest BCUT2D eigenvalue weighted by Crippen LogP contribution is 2.32. The lowest BCUT2D eigenvalue weighted by Crippen LogP contribution is -2.20. The van der Waals surface area contributed by atoms with Gasteiger partial charge in [0.05, 0.1) is 12.5 Å². The van der Waals surface area contributed by atoms with Gasteiger partial charge < -0.3 is 19.7 Å². The molecule has 0 saturated heterocycles. The fourth-order valence-electron chi connectivity index (χ4n) is 1.97. The van der Waals surface area contributed by atoms with Crippen molar-refractivity contribution in [3.8, 4) is 0 Å². The van der Waals surface area contributed by atoms with Crippen LogP contribution in [0.4, 0.5) is 0 Å². The topological polar surface area (TPSA) is 89.6 Å². The highest BCUT2D eigenvalue weighted by molar-refractivity contribution is 6.04. The van der Waals surface area contributed by atoms with Crippen LogP contribution in [0.2, 0.25) is 0 Å². The minimum Gasteiger partial charge on any atom is -0.480 e. The third kappa shape index (κ3) is 1.33. The lowest BCUT2D eigenvalue weighted by atomic mass is 10.0. The molecule has 0 radical (unpaired) electrons. The van der Waals surface area contributed by atoms with Crippen molar-refractivity contribution in [1.29, 1.82) is 0 Å². The molecule has 0 aliphatic rings. The van der Waals surface area contributed by atoms with E-state index in [2.05, 4.69) is 0 Å². The average molecular weight is 231 g/mol. The molecule has 0 saturated carbocycles. The van der Waals surface area contributed by atoms with Gasteiger partial charge in [0.1, 0.15) is 6.04 Å². The molecule has 1 unspecified atom stereocenters. The Balaban J connectivity index is 2.41. The molecule has 5 heteroatoms. The number of rotatable bonds is 2. The molecule has 2 aromatic heterocycles. The molecular formula is C12H9NO4. The Kier molecular flexibility index (Phi) is 1.96. The van der Waals surface area contributed by atoms with E-state index in [4.69, 9.17) is 19.7 Å². The van der Waals surface area contributed by atoms with Crippen LogP contribution >= 0.6 is 0 Å². The summed E-state index contributed by atoms with van der Waals surface area (Å²) >= 11 is 0. The van der Waals surface area contributed by atoms with Crippen molar-refractivity contribution >= 4 is 27.9 Å². The van der Waals surface area contributed by atoms with Crippen molar-refractivity contribution in [2.75, 3.05) is 0 Å². The standard InChI is InChI=1S/C12H9NO4/c13-9(12(14)15)8-5-6-1-3-16-10(6)11-7(8)2-4-17-11/h1-5,9H,13H2,(H,14,15). The average Bonchev–Trinajstić information content (AvgIpc) is 2.93. The maximum Gasteiger partial charge on any atom is 0.325 e. The third-order valence-electron chi connectivity index (χ3n) is 2.79. The number of fused-ring (bicyclic) bond motifs is 3. The minimum absolute atomic E-state index is 0.523. The zero-order valence-electron chi connectivity index (χ0n) is 8.71. The minimum atomic E-state index is -1.07. The van der Waals surface area contributed by atoms with Gasteiger partial charge >= 0.3 is 5.97 Å². The number of furan rings is 2. The number of nitrogens with two attached hydrogens (primary N) is 1. The predicted octanol–water partition coefficient (Wildman–Crippen LogP) is 2.26. The van der Waals surface area contributed by atoms with Gasteiger partial charge in [-0.05, 0) is 23.8 Å². The van der Waals surface area contributed by atoms with Gasteiger partial charge in [0, 0.05) is 10.8 Å². The highest BCUT2D eigenvalue weighted by Gasteiger charge is 2.20.